The van der Waals surface area contributed by atoms with Crippen molar-refractivity contribution in [3.05, 3.63) is 17.5 Å². The number of carbonyl (C=O) groups excluding carboxylic acids is 1. The summed E-state index contributed by atoms with van der Waals surface area (Å²) in [5.41, 5.74) is 7.63. The summed E-state index contributed by atoms with van der Waals surface area (Å²) in [7, 11) is 0. The number of nitrogens with two attached hydrogens (primary N) is 1. The van der Waals surface area contributed by atoms with Crippen molar-refractivity contribution in [2.75, 3.05) is 39.5 Å². The third-order valence-electron chi connectivity index (χ3n) is 5.20. The normalized spacial score (nSPS) is 24.1. The van der Waals surface area contributed by atoms with Crippen LogP contribution in [0.5, 0.6) is 0 Å². The lowest BCUT2D eigenvalue weighted by Crippen LogP contribution is -2.55. The number of rotatable bonds is 4. The molecule has 7 nitrogen and oxygen atoms in total. The number of amides is 1. The first kappa shape index (κ1) is 17.4. The zero-order valence-electron chi connectivity index (χ0n) is 14.7. The van der Waals surface area contributed by atoms with Crippen LogP contribution in [0.3, 0.4) is 0 Å². The molecule has 0 aliphatic carbocycles. The number of nitrogens with zero attached hydrogens (tertiary/aromatic N) is 3. The fourth-order valence-corrected chi connectivity index (χ4v) is 3.67. The predicted octanol–water partition coefficient (Wildman–Crippen LogP) is 0.483. The van der Waals surface area contributed by atoms with Gasteiger partial charge in [-0.15, -0.1) is 0 Å². The van der Waals surface area contributed by atoms with E-state index in [9.17, 15) is 4.79 Å². The minimum atomic E-state index is -0.460. The average Bonchev–Trinajstić information content (AvgIpc) is 2.92. The molecule has 0 radical (unpaired) electrons. The molecule has 1 aromatic heterocycles. The highest BCUT2D eigenvalue weighted by atomic mass is 16.5. The molecule has 1 atom stereocenters. The molecule has 0 bridgehead atoms. The van der Waals surface area contributed by atoms with E-state index in [0.29, 0.717) is 58.8 Å². The van der Waals surface area contributed by atoms with E-state index >= 15 is 0 Å². The van der Waals surface area contributed by atoms with Crippen LogP contribution < -0.4 is 5.73 Å². The average molecular weight is 336 g/mol. The fraction of sp³-hybridized carbons (Fsp3) is 0.765. The lowest BCUT2D eigenvalue weighted by Gasteiger charge is -2.41. The SMILES string of the molecule is Cc1cc(C)n(CC2CN(C(=O)C3(CN)CCOCC3)CCO2)n1. The second-order valence-electron chi connectivity index (χ2n) is 6.95. The minimum absolute atomic E-state index is 0.0321. The molecule has 1 unspecified atom stereocenters. The molecule has 2 saturated heterocycles. The molecule has 2 aliphatic rings. The van der Waals surface area contributed by atoms with Gasteiger partial charge in [0.15, 0.2) is 0 Å². The fourth-order valence-electron chi connectivity index (χ4n) is 3.67. The number of aryl methyl sites for hydroxylation is 2. The second-order valence-corrected chi connectivity index (χ2v) is 6.95. The summed E-state index contributed by atoms with van der Waals surface area (Å²) >= 11 is 0. The molecule has 1 amide bonds. The largest absolute Gasteiger partial charge is 0.381 e. The summed E-state index contributed by atoms with van der Waals surface area (Å²) in [6.07, 6.45) is 1.39. The van der Waals surface area contributed by atoms with E-state index in [0.717, 1.165) is 11.4 Å². The molecule has 1 aromatic rings. The van der Waals surface area contributed by atoms with Gasteiger partial charge in [-0.2, -0.15) is 5.10 Å². The van der Waals surface area contributed by atoms with Gasteiger partial charge in [0.1, 0.15) is 0 Å². The van der Waals surface area contributed by atoms with Crippen LogP contribution in [0.25, 0.3) is 0 Å². The Labute approximate surface area is 143 Å². The molecule has 3 rings (SSSR count). The Bertz CT molecular complexity index is 580. The van der Waals surface area contributed by atoms with Crippen molar-refractivity contribution in [3.63, 3.8) is 0 Å². The van der Waals surface area contributed by atoms with E-state index < -0.39 is 5.41 Å². The van der Waals surface area contributed by atoms with Gasteiger partial charge in [-0.05, 0) is 32.8 Å². The minimum Gasteiger partial charge on any atom is -0.381 e. The van der Waals surface area contributed by atoms with Crippen LogP contribution in [0.2, 0.25) is 0 Å². The van der Waals surface area contributed by atoms with E-state index in [2.05, 4.69) is 11.2 Å². The Morgan fingerprint density at radius 3 is 2.75 bits per heavy atom. The number of ether oxygens (including phenoxy) is 2. The molecule has 7 heteroatoms. The van der Waals surface area contributed by atoms with Crippen molar-refractivity contribution in [2.24, 2.45) is 11.1 Å². The highest BCUT2D eigenvalue weighted by Gasteiger charge is 2.42. The van der Waals surface area contributed by atoms with Crippen molar-refractivity contribution in [2.45, 2.75) is 39.3 Å². The van der Waals surface area contributed by atoms with Crippen molar-refractivity contribution in [3.8, 4) is 0 Å². The van der Waals surface area contributed by atoms with Crippen LogP contribution in [0.15, 0.2) is 6.07 Å². The van der Waals surface area contributed by atoms with Gasteiger partial charge in [0.05, 0.1) is 30.4 Å². The lowest BCUT2D eigenvalue weighted by atomic mass is 9.78. The van der Waals surface area contributed by atoms with Crippen molar-refractivity contribution in [1.29, 1.82) is 0 Å². The molecular weight excluding hydrogens is 308 g/mol. The van der Waals surface area contributed by atoms with Crippen LogP contribution in [0.1, 0.15) is 24.2 Å². The smallest absolute Gasteiger partial charge is 0.230 e. The van der Waals surface area contributed by atoms with E-state index in [-0.39, 0.29) is 12.0 Å². The van der Waals surface area contributed by atoms with Crippen molar-refractivity contribution < 1.29 is 14.3 Å². The summed E-state index contributed by atoms with van der Waals surface area (Å²) in [4.78, 5) is 15.0. The molecule has 2 aliphatic heterocycles. The van der Waals surface area contributed by atoms with E-state index in [1.165, 1.54) is 0 Å². The number of carbonyl (C=O) groups is 1. The van der Waals surface area contributed by atoms with Crippen LogP contribution in [-0.4, -0.2) is 66.1 Å². The molecule has 0 spiro atoms. The Morgan fingerprint density at radius 2 is 2.12 bits per heavy atom. The van der Waals surface area contributed by atoms with E-state index in [1.807, 2.05) is 23.4 Å². The van der Waals surface area contributed by atoms with Crippen LogP contribution in [0, 0.1) is 19.3 Å². The molecule has 0 saturated carbocycles. The topological polar surface area (TPSA) is 82.6 Å². The molecule has 3 heterocycles. The quantitative estimate of drug-likeness (QED) is 0.865. The molecule has 134 valence electrons. The second kappa shape index (κ2) is 7.21. The molecular formula is C17H28N4O3. The van der Waals surface area contributed by atoms with Crippen LogP contribution >= 0.6 is 0 Å². The molecule has 0 aromatic carbocycles. The standard InChI is InChI=1S/C17H28N4O3/c1-13-9-14(2)21(19-13)11-15-10-20(5-8-24-15)16(22)17(12-18)3-6-23-7-4-17/h9,15H,3-8,10-12,18H2,1-2H3. The van der Waals surface area contributed by atoms with Gasteiger partial charge in [0.25, 0.3) is 0 Å². The van der Waals surface area contributed by atoms with Gasteiger partial charge in [-0.1, -0.05) is 0 Å². The van der Waals surface area contributed by atoms with E-state index in [4.69, 9.17) is 15.2 Å². The van der Waals surface area contributed by atoms with Gasteiger partial charge >= 0.3 is 0 Å². The van der Waals surface area contributed by atoms with Crippen LogP contribution in [-0.2, 0) is 20.8 Å². The first-order chi connectivity index (χ1) is 11.5. The third kappa shape index (κ3) is 3.48. The Morgan fingerprint density at radius 1 is 1.38 bits per heavy atom. The molecule has 2 fully saturated rings. The zero-order valence-corrected chi connectivity index (χ0v) is 14.7. The monoisotopic (exact) mass is 336 g/mol. The summed E-state index contributed by atoms with van der Waals surface area (Å²) < 4.78 is 13.2. The number of hydrogen-bond acceptors (Lipinski definition) is 5. The number of hydrogen-bond donors (Lipinski definition) is 1. The first-order valence-corrected chi connectivity index (χ1v) is 8.74. The molecule has 24 heavy (non-hydrogen) atoms. The summed E-state index contributed by atoms with van der Waals surface area (Å²) in [6.45, 7) is 8.10. The maximum Gasteiger partial charge on any atom is 0.230 e. The lowest BCUT2D eigenvalue weighted by molar-refractivity contribution is -0.155. The summed E-state index contributed by atoms with van der Waals surface area (Å²) in [5.74, 6) is 0.162. The summed E-state index contributed by atoms with van der Waals surface area (Å²) in [5, 5.41) is 4.49. The van der Waals surface area contributed by atoms with Gasteiger partial charge in [-0.3, -0.25) is 9.48 Å². The highest BCUT2D eigenvalue weighted by molar-refractivity contribution is 5.83. The Kier molecular flexibility index (Phi) is 5.22. The highest BCUT2D eigenvalue weighted by Crippen LogP contribution is 2.32. The summed E-state index contributed by atoms with van der Waals surface area (Å²) in [6, 6.07) is 2.05. The number of aromatic nitrogens is 2. The van der Waals surface area contributed by atoms with Crippen LogP contribution in [0.4, 0.5) is 0 Å². The molecule has 2 N–H and O–H groups in total. The van der Waals surface area contributed by atoms with Crippen molar-refractivity contribution in [1.82, 2.24) is 14.7 Å². The van der Waals surface area contributed by atoms with Gasteiger partial charge in [-0.25, -0.2) is 0 Å². The Balaban J connectivity index is 1.66. The third-order valence-corrected chi connectivity index (χ3v) is 5.20. The maximum atomic E-state index is 13.1. The Hall–Kier alpha value is -1.44. The van der Waals surface area contributed by atoms with Gasteiger partial charge in [0, 0.05) is 38.5 Å². The maximum absolute atomic E-state index is 13.1. The van der Waals surface area contributed by atoms with Crippen molar-refractivity contribution >= 4 is 5.91 Å². The predicted molar refractivity (Wildman–Crippen MR) is 89.6 cm³/mol. The zero-order chi connectivity index (χ0) is 17.2. The van der Waals surface area contributed by atoms with Gasteiger partial charge < -0.3 is 20.1 Å². The van der Waals surface area contributed by atoms with Gasteiger partial charge in [0.2, 0.25) is 5.91 Å². The van der Waals surface area contributed by atoms with E-state index in [1.54, 1.807) is 0 Å². The first-order valence-electron chi connectivity index (χ1n) is 8.74. The number of morpholine rings is 1.